The summed E-state index contributed by atoms with van der Waals surface area (Å²) in [7, 11) is 0. The summed E-state index contributed by atoms with van der Waals surface area (Å²) in [6.45, 7) is 3.29. The van der Waals surface area contributed by atoms with E-state index in [0.717, 1.165) is 25.1 Å². The highest BCUT2D eigenvalue weighted by atomic mass is 19.2. The Morgan fingerprint density at radius 1 is 1.00 bits per heavy atom. The lowest BCUT2D eigenvalue weighted by Crippen LogP contribution is -2.60. The molecule has 0 radical (unpaired) electrons. The summed E-state index contributed by atoms with van der Waals surface area (Å²) in [6.07, 6.45) is 5.87. The highest BCUT2D eigenvalue weighted by molar-refractivity contribution is 5.94. The Kier molecular flexibility index (Phi) is 5.43. The molecule has 1 amide bonds. The van der Waals surface area contributed by atoms with Gasteiger partial charge in [0, 0.05) is 24.7 Å². The third-order valence-corrected chi connectivity index (χ3v) is 5.85. The largest absolute Gasteiger partial charge is 0.347 e. The molecule has 5 nitrogen and oxygen atoms in total. The minimum absolute atomic E-state index is 0.146. The second kappa shape index (κ2) is 7.81. The van der Waals surface area contributed by atoms with Crippen molar-refractivity contribution in [2.24, 2.45) is 0 Å². The molecule has 148 valence electrons. The highest BCUT2D eigenvalue weighted by Crippen LogP contribution is 2.30. The maximum Gasteiger partial charge on any atom is 0.254 e. The smallest absolute Gasteiger partial charge is 0.254 e. The summed E-state index contributed by atoms with van der Waals surface area (Å²) in [5.74, 6) is -3.13. The van der Waals surface area contributed by atoms with Crippen LogP contribution in [0.5, 0.6) is 0 Å². The lowest BCUT2D eigenvalue weighted by molar-refractivity contribution is -0.262. The number of ether oxygens (including phenoxy) is 2. The Bertz CT molecular complexity index is 696. The first kappa shape index (κ1) is 18.8. The van der Waals surface area contributed by atoms with Crippen molar-refractivity contribution in [2.75, 3.05) is 39.4 Å². The van der Waals surface area contributed by atoms with E-state index in [2.05, 4.69) is 4.90 Å². The first-order valence-corrected chi connectivity index (χ1v) is 9.83. The zero-order valence-corrected chi connectivity index (χ0v) is 15.5. The van der Waals surface area contributed by atoms with Crippen molar-refractivity contribution in [3.05, 3.63) is 35.4 Å². The molecule has 2 heterocycles. The lowest BCUT2D eigenvalue weighted by atomic mass is 10.1. The molecule has 1 atom stereocenters. The van der Waals surface area contributed by atoms with E-state index in [0.29, 0.717) is 38.9 Å². The van der Waals surface area contributed by atoms with Gasteiger partial charge in [0.15, 0.2) is 17.4 Å². The highest BCUT2D eigenvalue weighted by Gasteiger charge is 2.43. The summed E-state index contributed by atoms with van der Waals surface area (Å²) >= 11 is 0. The van der Waals surface area contributed by atoms with Crippen LogP contribution < -0.4 is 0 Å². The van der Waals surface area contributed by atoms with E-state index in [1.54, 1.807) is 4.90 Å². The normalized spacial score (nSPS) is 27.9. The van der Waals surface area contributed by atoms with Crippen LogP contribution in [0, 0.1) is 11.6 Å². The molecule has 1 aliphatic carbocycles. The van der Waals surface area contributed by atoms with Crippen LogP contribution in [0.1, 0.15) is 42.5 Å². The van der Waals surface area contributed by atoms with Crippen LogP contribution in [-0.2, 0) is 9.47 Å². The Morgan fingerprint density at radius 3 is 2.56 bits per heavy atom. The van der Waals surface area contributed by atoms with Crippen molar-refractivity contribution >= 4 is 5.91 Å². The van der Waals surface area contributed by atoms with Gasteiger partial charge < -0.3 is 14.4 Å². The van der Waals surface area contributed by atoms with E-state index in [9.17, 15) is 13.6 Å². The van der Waals surface area contributed by atoms with Crippen molar-refractivity contribution in [2.45, 2.75) is 43.9 Å². The quantitative estimate of drug-likeness (QED) is 0.791. The van der Waals surface area contributed by atoms with Crippen molar-refractivity contribution in [1.82, 2.24) is 9.80 Å². The van der Waals surface area contributed by atoms with Gasteiger partial charge in [-0.3, -0.25) is 9.69 Å². The van der Waals surface area contributed by atoms with Crippen molar-refractivity contribution < 1.29 is 23.0 Å². The van der Waals surface area contributed by atoms with E-state index < -0.39 is 17.4 Å². The molecule has 4 rings (SSSR count). The molecule has 3 aliphatic rings. The Hall–Kier alpha value is -1.57. The summed E-state index contributed by atoms with van der Waals surface area (Å²) < 4.78 is 38.8. The third kappa shape index (κ3) is 4.00. The molecule has 1 unspecified atom stereocenters. The van der Waals surface area contributed by atoms with Gasteiger partial charge in [-0.1, -0.05) is 12.8 Å². The van der Waals surface area contributed by atoms with Gasteiger partial charge in [0.2, 0.25) is 0 Å². The number of halogens is 2. The zero-order chi connectivity index (χ0) is 18.9. The zero-order valence-electron chi connectivity index (χ0n) is 15.5. The number of morpholine rings is 1. The maximum atomic E-state index is 13.5. The van der Waals surface area contributed by atoms with Crippen LogP contribution in [0.25, 0.3) is 0 Å². The van der Waals surface area contributed by atoms with Gasteiger partial charge in [-0.25, -0.2) is 8.78 Å². The number of carbonyl (C=O) groups excluding carboxylic acids is 1. The van der Waals surface area contributed by atoms with Crippen LogP contribution in [0.15, 0.2) is 18.2 Å². The molecule has 2 aliphatic heterocycles. The monoisotopic (exact) mass is 380 g/mol. The first-order chi connectivity index (χ1) is 13.1. The van der Waals surface area contributed by atoms with Gasteiger partial charge in [-0.05, 0) is 37.5 Å². The summed E-state index contributed by atoms with van der Waals surface area (Å²) in [4.78, 5) is 16.9. The number of hydrogen-bond acceptors (Lipinski definition) is 4. The van der Waals surface area contributed by atoms with Crippen molar-refractivity contribution in [3.63, 3.8) is 0 Å². The maximum absolute atomic E-state index is 13.5. The molecule has 7 heteroatoms. The average Bonchev–Trinajstić information content (AvgIpc) is 3.14. The molecule has 2 saturated heterocycles. The fourth-order valence-corrected chi connectivity index (χ4v) is 4.47. The Balaban J connectivity index is 1.50. The topological polar surface area (TPSA) is 42.0 Å². The SMILES string of the molecule is O=C(c1ccc(F)c(F)c1)N1CCOC2(C1)CN(C1CCCC1)CCCO2. The van der Waals surface area contributed by atoms with E-state index in [1.165, 1.54) is 31.7 Å². The molecular formula is C20H26F2N2O3. The average molecular weight is 380 g/mol. The molecule has 1 saturated carbocycles. The molecule has 0 bridgehead atoms. The summed E-state index contributed by atoms with van der Waals surface area (Å²) in [5, 5.41) is 0. The summed E-state index contributed by atoms with van der Waals surface area (Å²) in [6, 6.07) is 3.83. The fourth-order valence-electron chi connectivity index (χ4n) is 4.47. The molecule has 0 N–H and O–H groups in total. The molecule has 27 heavy (non-hydrogen) atoms. The van der Waals surface area contributed by atoms with Gasteiger partial charge in [0.05, 0.1) is 26.3 Å². The molecule has 3 fully saturated rings. The molecule has 1 spiro atoms. The van der Waals surface area contributed by atoms with Gasteiger partial charge in [-0.15, -0.1) is 0 Å². The molecular weight excluding hydrogens is 354 g/mol. The molecule has 0 aromatic heterocycles. The van der Waals surface area contributed by atoms with Gasteiger partial charge >= 0.3 is 0 Å². The number of benzene rings is 1. The van der Waals surface area contributed by atoms with Crippen LogP contribution >= 0.6 is 0 Å². The number of hydrogen-bond donors (Lipinski definition) is 0. The van der Waals surface area contributed by atoms with Gasteiger partial charge in [0.1, 0.15) is 0 Å². The predicted molar refractivity (Wildman–Crippen MR) is 95.3 cm³/mol. The second-order valence-electron chi connectivity index (χ2n) is 7.73. The first-order valence-electron chi connectivity index (χ1n) is 9.83. The standard InChI is InChI=1S/C20H26F2N2O3/c21-17-7-6-15(12-18(17)22)19(25)24-9-11-27-20(14-24)13-23(8-3-10-26-20)16-4-1-2-5-16/h6-7,12,16H,1-5,8-11,13-14H2. The van der Waals surface area contributed by atoms with Gasteiger partial charge in [-0.2, -0.15) is 0 Å². The third-order valence-electron chi connectivity index (χ3n) is 5.85. The number of carbonyl (C=O) groups is 1. The second-order valence-corrected chi connectivity index (χ2v) is 7.73. The van der Waals surface area contributed by atoms with Crippen molar-refractivity contribution in [1.29, 1.82) is 0 Å². The minimum Gasteiger partial charge on any atom is -0.347 e. The van der Waals surface area contributed by atoms with Crippen LogP contribution in [-0.4, -0.2) is 66.9 Å². The Labute approximate surface area is 158 Å². The van der Waals surface area contributed by atoms with E-state index >= 15 is 0 Å². The van der Waals surface area contributed by atoms with Crippen molar-refractivity contribution in [3.8, 4) is 0 Å². The van der Waals surface area contributed by atoms with Crippen LogP contribution in [0.3, 0.4) is 0 Å². The van der Waals surface area contributed by atoms with Gasteiger partial charge in [0.25, 0.3) is 5.91 Å². The van der Waals surface area contributed by atoms with Crippen LogP contribution in [0.2, 0.25) is 0 Å². The van der Waals surface area contributed by atoms with E-state index in [-0.39, 0.29) is 11.5 Å². The minimum atomic E-state index is -1.01. The van der Waals surface area contributed by atoms with E-state index in [4.69, 9.17) is 9.47 Å². The number of rotatable bonds is 2. The Morgan fingerprint density at radius 2 is 1.78 bits per heavy atom. The summed E-state index contributed by atoms with van der Waals surface area (Å²) in [5.41, 5.74) is 0.146. The van der Waals surface area contributed by atoms with Crippen LogP contribution in [0.4, 0.5) is 8.78 Å². The molecule has 1 aromatic rings. The van der Waals surface area contributed by atoms with E-state index in [1.807, 2.05) is 0 Å². The number of amides is 1. The molecule has 1 aromatic carbocycles. The number of nitrogens with zero attached hydrogens (tertiary/aromatic N) is 2. The fraction of sp³-hybridized carbons (Fsp3) is 0.650. The predicted octanol–water partition coefficient (Wildman–Crippen LogP) is 2.80. The lowest BCUT2D eigenvalue weighted by Gasteiger charge is -2.44.